The smallest absolute Gasteiger partial charge is 0.220 e. The van der Waals surface area contributed by atoms with E-state index in [1.54, 1.807) is 6.08 Å². The summed E-state index contributed by atoms with van der Waals surface area (Å²) in [6.07, 6.45) is 56.5. The molecule has 0 aromatic heterocycles. The number of carbonyl (C=O) groups excluding carboxylic acids is 1. The van der Waals surface area contributed by atoms with Gasteiger partial charge in [-0.15, -0.1) is 0 Å². The van der Waals surface area contributed by atoms with Crippen molar-refractivity contribution in [2.45, 2.75) is 396 Å². The van der Waals surface area contributed by atoms with Crippen molar-refractivity contribution in [2.75, 3.05) is 19.8 Å². The highest BCUT2D eigenvalue weighted by Crippen LogP contribution is 2.30. The van der Waals surface area contributed by atoms with E-state index in [0.29, 0.717) is 12.8 Å². The molecule has 9 N–H and O–H groups in total. The topological polar surface area (TPSA) is 228 Å². The van der Waals surface area contributed by atoms with Crippen LogP contribution in [-0.4, -0.2) is 140 Å². The third-order valence-electron chi connectivity index (χ3n) is 17.8. The number of carbonyl (C=O) groups is 1. The quantitative estimate of drug-likeness (QED) is 0.0204. The summed E-state index contributed by atoms with van der Waals surface area (Å²) < 4.78 is 22.8. The van der Waals surface area contributed by atoms with Gasteiger partial charge in [0.15, 0.2) is 12.6 Å². The first kappa shape index (κ1) is 80.3. The summed E-state index contributed by atoms with van der Waals surface area (Å²) in [7, 11) is 0. The summed E-state index contributed by atoms with van der Waals surface area (Å²) in [5.74, 6) is -0.243. The van der Waals surface area contributed by atoms with Gasteiger partial charge in [-0.1, -0.05) is 294 Å². The van der Waals surface area contributed by atoms with Crippen LogP contribution in [0.1, 0.15) is 322 Å². The van der Waals surface area contributed by atoms with E-state index in [9.17, 15) is 45.6 Å². The Hall–Kier alpha value is -1.79. The van der Waals surface area contributed by atoms with E-state index in [1.807, 2.05) is 6.08 Å². The zero-order valence-electron chi connectivity index (χ0n) is 55.1. The molecule has 2 fully saturated rings. The lowest BCUT2D eigenvalue weighted by atomic mass is 9.97. The molecule has 0 spiro atoms. The van der Waals surface area contributed by atoms with Crippen LogP contribution in [0.4, 0.5) is 0 Å². The van der Waals surface area contributed by atoms with Crippen molar-refractivity contribution in [2.24, 2.45) is 0 Å². The molecule has 0 radical (unpaired) electrons. The van der Waals surface area contributed by atoms with Crippen LogP contribution in [0, 0.1) is 0 Å². The molecule has 2 aliphatic rings. The van der Waals surface area contributed by atoms with Gasteiger partial charge in [-0.25, -0.2) is 0 Å². The average Bonchev–Trinajstić information content (AvgIpc) is 2.63. The molecule has 0 bridgehead atoms. The normalized spacial score (nSPS) is 23.6. The number of aliphatic hydroxyl groups is 8. The number of amides is 1. The summed E-state index contributed by atoms with van der Waals surface area (Å²) in [4.78, 5) is 13.3. The lowest BCUT2D eigenvalue weighted by Gasteiger charge is -2.46. The Kier molecular flexibility index (Phi) is 53.4. The summed E-state index contributed by atoms with van der Waals surface area (Å²) >= 11 is 0. The molecular formula is C72H135NO13. The fourth-order valence-corrected chi connectivity index (χ4v) is 12.0. The second-order valence-electron chi connectivity index (χ2n) is 25.7. The van der Waals surface area contributed by atoms with E-state index in [2.05, 4.69) is 43.5 Å². The van der Waals surface area contributed by atoms with Gasteiger partial charge in [-0.3, -0.25) is 4.79 Å². The minimum absolute atomic E-state index is 0.243. The lowest BCUT2D eigenvalue weighted by Crippen LogP contribution is -2.65. The standard InChI is InChI=1S/C72H135NO13/c1-3-5-7-9-11-13-15-17-19-21-23-24-25-26-27-28-29-30-31-32-33-34-35-36-38-40-42-44-46-48-50-52-54-56-64(77)73-60(61(76)55-53-51-49-47-45-43-41-39-37-22-20-18-16-14-12-10-8-6-4-2)59-83-71-69(82)67(80)70(63(58-75)85-71)86-72-68(81)66(79)65(78)62(57-74)84-72/h21,23,45,47,53,55,60-63,65-72,74-76,78-82H,3-20,22,24-44,46,48-52,54,56-59H2,1-2H3,(H,73,77)/b23-21-,47-45+,55-53+. The number of ether oxygens (including phenoxy) is 4. The zero-order chi connectivity index (χ0) is 62.3. The number of allylic oxidation sites excluding steroid dienone is 5. The number of hydrogen-bond acceptors (Lipinski definition) is 13. The molecule has 12 atom stereocenters. The zero-order valence-corrected chi connectivity index (χ0v) is 55.1. The first-order chi connectivity index (χ1) is 42.1. The second-order valence-corrected chi connectivity index (χ2v) is 25.7. The van der Waals surface area contributed by atoms with Crippen molar-refractivity contribution in [1.29, 1.82) is 0 Å². The monoisotopic (exact) mass is 1220 g/mol. The summed E-state index contributed by atoms with van der Waals surface area (Å²) in [6.45, 7) is 2.82. The average molecular weight is 1220 g/mol. The molecule has 14 nitrogen and oxygen atoms in total. The fraction of sp³-hybridized carbons (Fsp3) is 0.903. The molecular weight excluding hydrogens is 1090 g/mol. The Morgan fingerprint density at radius 2 is 0.744 bits per heavy atom. The van der Waals surface area contributed by atoms with Crippen LogP contribution in [0.5, 0.6) is 0 Å². The van der Waals surface area contributed by atoms with Crippen molar-refractivity contribution in [1.82, 2.24) is 5.32 Å². The lowest BCUT2D eigenvalue weighted by molar-refractivity contribution is -0.359. The molecule has 0 aromatic rings. The molecule has 506 valence electrons. The number of hydrogen-bond donors (Lipinski definition) is 9. The van der Waals surface area contributed by atoms with Crippen LogP contribution in [0.2, 0.25) is 0 Å². The number of aliphatic hydroxyl groups excluding tert-OH is 8. The first-order valence-corrected chi connectivity index (χ1v) is 36.2. The van der Waals surface area contributed by atoms with Gasteiger partial charge >= 0.3 is 0 Å². The van der Waals surface area contributed by atoms with E-state index in [-0.39, 0.29) is 18.9 Å². The number of nitrogens with one attached hydrogen (secondary N) is 1. The van der Waals surface area contributed by atoms with Crippen LogP contribution in [0.15, 0.2) is 36.5 Å². The maximum Gasteiger partial charge on any atom is 0.220 e. The third-order valence-corrected chi connectivity index (χ3v) is 17.8. The third kappa shape index (κ3) is 40.8. The van der Waals surface area contributed by atoms with E-state index in [4.69, 9.17) is 18.9 Å². The highest BCUT2D eigenvalue weighted by molar-refractivity contribution is 5.76. The Balaban J connectivity index is 1.64. The van der Waals surface area contributed by atoms with Crippen molar-refractivity contribution in [3.8, 4) is 0 Å². The summed E-state index contributed by atoms with van der Waals surface area (Å²) in [6, 6.07) is -0.930. The highest BCUT2D eigenvalue weighted by Gasteiger charge is 2.51. The molecule has 2 rings (SSSR count). The van der Waals surface area contributed by atoms with Gasteiger partial charge < -0.3 is 65.1 Å². The predicted octanol–water partition coefficient (Wildman–Crippen LogP) is 14.9. The van der Waals surface area contributed by atoms with Gasteiger partial charge in [0.2, 0.25) is 5.91 Å². The molecule has 14 heteroatoms. The minimum Gasteiger partial charge on any atom is -0.394 e. The van der Waals surface area contributed by atoms with Gasteiger partial charge in [0, 0.05) is 6.42 Å². The van der Waals surface area contributed by atoms with Gasteiger partial charge in [-0.2, -0.15) is 0 Å². The highest BCUT2D eigenvalue weighted by atomic mass is 16.7. The number of rotatable bonds is 60. The molecule has 0 aliphatic carbocycles. The second kappa shape index (κ2) is 57.1. The van der Waals surface area contributed by atoms with Crippen LogP contribution in [0.25, 0.3) is 0 Å². The summed E-state index contributed by atoms with van der Waals surface area (Å²) in [5.41, 5.74) is 0. The van der Waals surface area contributed by atoms with Crippen molar-refractivity contribution in [3.05, 3.63) is 36.5 Å². The molecule has 2 saturated heterocycles. The number of unbranched alkanes of at least 4 members (excludes halogenated alkanes) is 43. The Morgan fingerprint density at radius 1 is 0.407 bits per heavy atom. The molecule has 0 saturated carbocycles. The van der Waals surface area contributed by atoms with Crippen molar-refractivity contribution >= 4 is 5.91 Å². The van der Waals surface area contributed by atoms with Gasteiger partial charge in [0.1, 0.15) is 48.8 Å². The van der Waals surface area contributed by atoms with E-state index < -0.39 is 86.8 Å². The first-order valence-electron chi connectivity index (χ1n) is 36.2. The fourth-order valence-electron chi connectivity index (χ4n) is 12.0. The van der Waals surface area contributed by atoms with E-state index >= 15 is 0 Å². The molecule has 2 aliphatic heterocycles. The van der Waals surface area contributed by atoms with E-state index in [0.717, 1.165) is 32.1 Å². The largest absolute Gasteiger partial charge is 0.394 e. The SMILES string of the molecule is CCCCCCCCCC/C=C\CCCCCCCCCCCCCCCCCCCCCCCC(=O)NC(COC1OC(CO)C(OC2OC(CO)C(O)C(O)C2O)C(O)C1O)C(O)/C=C/CC/C=C/CCCCCCCCCCCCCCC. The van der Waals surface area contributed by atoms with E-state index in [1.165, 1.54) is 257 Å². The van der Waals surface area contributed by atoms with Crippen molar-refractivity contribution in [3.63, 3.8) is 0 Å². The summed E-state index contributed by atoms with van der Waals surface area (Å²) in [5, 5.41) is 87.4. The predicted molar refractivity (Wildman–Crippen MR) is 351 cm³/mol. The van der Waals surface area contributed by atoms with Crippen molar-refractivity contribution < 1.29 is 64.6 Å². The maximum atomic E-state index is 13.3. The molecule has 1 amide bonds. The van der Waals surface area contributed by atoms with Gasteiger partial charge in [0.25, 0.3) is 0 Å². The maximum absolute atomic E-state index is 13.3. The van der Waals surface area contributed by atoms with Crippen LogP contribution >= 0.6 is 0 Å². The van der Waals surface area contributed by atoms with Crippen LogP contribution in [-0.2, 0) is 23.7 Å². The Bertz CT molecular complexity index is 1580. The Labute approximate surface area is 525 Å². The molecule has 86 heavy (non-hydrogen) atoms. The van der Waals surface area contributed by atoms with Crippen LogP contribution < -0.4 is 5.32 Å². The molecule has 0 aromatic carbocycles. The van der Waals surface area contributed by atoms with Gasteiger partial charge in [0.05, 0.1) is 32.0 Å². The van der Waals surface area contributed by atoms with Gasteiger partial charge in [-0.05, 0) is 57.8 Å². The molecule has 12 unspecified atom stereocenters. The van der Waals surface area contributed by atoms with Crippen LogP contribution in [0.3, 0.4) is 0 Å². The molecule has 2 heterocycles. The Morgan fingerprint density at radius 3 is 1.14 bits per heavy atom. The minimum atomic E-state index is -1.79.